The average molecular weight is 297 g/mol. The fourth-order valence-corrected chi connectivity index (χ4v) is 2.62. The van der Waals surface area contributed by atoms with Crippen LogP contribution >= 0.6 is 12.4 Å². The molecule has 1 atom stereocenters. The van der Waals surface area contributed by atoms with Crippen LogP contribution in [-0.2, 0) is 0 Å². The number of nitrogens with zero attached hydrogens (tertiary/aromatic N) is 1. The minimum absolute atomic E-state index is 0. The SMILES string of the molecule is Cl.Fc1cccc([C@@H](c2ccco2)N2CCNCC2)c1. The zero-order valence-corrected chi connectivity index (χ0v) is 11.9. The molecule has 0 radical (unpaired) electrons. The van der Waals surface area contributed by atoms with Gasteiger partial charge < -0.3 is 9.73 Å². The molecule has 0 amide bonds. The molecule has 1 aliphatic rings. The summed E-state index contributed by atoms with van der Waals surface area (Å²) < 4.78 is 19.0. The van der Waals surface area contributed by atoms with Crippen LogP contribution in [0.1, 0.15) is 17.4 Å². The molecule has 1 aromatic heterocycles. The molecule has 20 heavy (non-hydrogen) atoms. The Morgan fingerprint density at radius 1 is 1.15 bits per heavy atom. The summed E-state index contributed by atoms with van der Waals surface area (Å²) in [5.74, 6) is 0.664. The van der Waals surface area contributed by atoms with Gasteiger partial charge in [-0.25, -0.2) is 4.39 Å². The highest BCUT2D eigenvalue weighted by atomic mass is 35.5. The van der Waals surface area contributed by atoms with Crippen molar-refractivity contribution in [3.8, 4) is 0 Å². The Kier molecular flexibility index (Phi) is 5.17. The first kappa shape index (κ1) is 15.0. The van der Waals surface area contributed by atoms with Crippen molar-refractivity contribution in [2.45, 2.75) is 6.04 Å². The standard InChI is InChI=1S/C15H17FN2O.ClH/c16-13-4-1-3-12(11-13)15(14-5-2-10-19-14)18-8-6-17-7-9-18;/h1-5,10-11,15,17H,6-9H2;1H/t15-;/m0./s1. The molecule has 0 spiro atoms. The van der Waals surface area contributed by atoms with Crippen molar-refractivity contribution < 1.29 is 8.81 Å². The van der Waals surface area contributed by atoms with Crippen LogP contribution in [0.25, 0.3) is 0 Å². The maximum atomic E-state index is 13.5. The van der Waals surface area contributed by atoms with Crippen molar-refractivity contribution in [2.24, 2.45) is 0 Å². The number of nitrogens with one attached hydrogen (secondary N) is 1. The number of benzene rings is 1. The van der Waals surface area contributed by atoms with Gasteiger partial charge in [0, 0.05) is 26.2 Å². The summed E-state index contributed by atoms with van der Waals surface area (Å²) in [5, 5.41) is 3.33. The quantitative estimate of drug-likeness (QED) is 0.944. The summed E-state index contributed by atoms with van der Waals surface area (Å²) in [7, 11) is 0. The van der Waals surface area contributed by atoms with Crippen LogP contribution in [0.5, 0.6) is 0 Å². The van der Waals surface area contributed by atoms with E-state index in [1.165, 1.54) is 6.07 Å². The third kappa shape index (κ3) is 3.20. The topological polar surface area (TPSA) is 28.4 Å². The zero-order valence-electron chi connectivity index (χ0n) is 11.1. The molecule has 108 valence electrons. The molecule has 0 unspecified atom stereocenters. The van der Waals surface area contributed by atoms with Crippen LogP contribution in [-0.4, -0.2) is 31.1 Å². The van der Waals surface area contributed by atoms with Gasteiger partial charge in [0.25, 0.3) is 0 Å². The van der Waals surface area contributed by atoms with E-state index >= 15 is 0 Å². The van der Waals surface area contributed by atoms with Crippen LogP contribution in [0.4, 0.5) is 4.39 Å². The number of rotatable bonds is 3. The second-order valence-electron chi connectivity index (χ2n) is 4.76. The third-order valence-corrected chi connectivity index (χ3v) is 3.49. The highest BCUT2D eigenvalue weighted by molar-refractivity contribution is 5.85. The Morgan fingerprint density at radius 2 is 1.95 bits per heavy atom. The normalized spacial score (nSPS) is 17.4. The monoisotopic (exact) mass is 296 g/mol. The van der Waals surface area contributed by atoms with E-state index in [0.29, 0.717) is 0 Å². The first-order valence-electron chi connectivity index (χ1n) is 6.58. The van der Waals surface area contributed by atoms with Crippen molar-refractivity contribution in [3.05, 3.63) is 59.8 Å². The second kappa shape index (κ2) is 6.88. The molecule has 1 saturated heterocycles. The lowest BCUT2D eigenvalue weighted by atomic mass is 10.0. The van der Waals surface area contributed by atoms with E-state index in [1.807, 2.05) is 18.2 Å². The summed E-state index contributed by atoms with van der Waals surface area (Å²) in [6.07, 6.45) is 1.67. The van der Waals surface area contributed by atoms with Gasteiger partial charge in [-0.1, -0.05) is 12.1 Å². The van der Waals surface area contributed by atoms with Crippen LogP contribution < -0.4 is 5.32 Å². The van der Waals surface area contributed by atoms with Crippen molar-refractivity contribution in [1.82, 2.24) is 10.2 Å². The van der Waals surface area contributed by atoms with Gasteiger partial charge in [-0.05, 0) is 29.8 Å². The Balaban J connectivity index is 0.00000147. The molecule has 0 bridgehead atoms. The van der Waals surface area contributed by atoms with Crippen molar-refractivity contribution in [2.75, 3.05) is 26.2 Å². The highest BCUT2D eigenvalue weighted by Gasteiger charge is 2.26. The van der Waals surface area contributed by atoms with Gasteiger partial charge in [0.1, 0.15) is 11.6 Å². The van der Waals surface area contributed by atoms with E-state index in [-0.39, 0.29) is 24.3 Å². The average Bonchev–Trinajstić information content (AvgIpc) is 2.94. The van der Waals surface area contributed by atoms with E-state index in [2.05, 4.69) is 10.2 Å². The molecule has 0 aliphatic carbocycles. The third-order valence-electron chi connectivity index (χ3n) is 3.49. The molecular formula is C15H18ClFN2O. The smallest absolute Gasteiger partial charge is 0.125 e. The summed E-state index contributed by atoms with van der Waals surface area (Å²) in [5.41, 5.74) is 0.942. The van der Waals surface area contributed by atoms with Gasteiger partial charge >= 0.3 is 0 Å². The Labute approximate surface area is 124 Å². The van der Waals surface area contributed by atoms with Gasteiger partial charge in [0.2, 0.25) is 0 Å². The number of piperazine rings is 1. The molecule has 1 aliphatic heterocycles. The molecule has 2 aromatic rings. The van der Waals surface area contributed by atoms with Crippen LogP contribution in [0.3, 0.4) is 0 Å². The lowest BCUT2D eigenvalue weighted by molar-refractivity contribution is 0.180. The Bertz CT molecular complexity index is 526. The number of halogens is 2. The van der Waals surface area contributed by atoms with Crippen LogP contribution in [0.2, 0.25) is 0 Å². The minimum Gasteiger partial charge on any atom is -0.467 e. The minimum atomic E-state index is -0.204. The first-order chi connectivity index (χ1) is 9.34. The number of hydrogen-bond donors (Lipinski definition) is 1. The van der Waals surface area contributed by atoms with E-state index in [0.717, 1.165) is 37.5 Å². The molecule has 5 heteroatoms. The predicted molar refractivity (Wildman–Crippen MR) is 78.6 cm³/mol. The predicted octanol–water partition coefficient (Wildman–Crippen LogP) is 2.84. The van der Waals surface area contributed by atoms with Crippen LogP contribution in [0.15, 0.2) is 47.1 Å². The van der Waals surface area contributed by atoms with E-state index in [1.54, 1.807) is 18.4 Å². The summed E-state index contributed by atoms with van der Waals surface area (Å²) in [4.78, 5) is 2.32. The highest BCUT2D eigenvalue weighted by Crippen LogP contribution is 2.29. The Morgan fingerprint density at radius 3 is 2.60 bits per heavy atom. The van der Waals surface area contributed by atoms with Gasteiger partial charge in [-0.3, -0.25) is 4.90 Å². The second-order valence-corrected chi connectivity index (χ2v) is 4.76. The lowest BCUT2D eigenvalue weighted by Crippen LogP contribution is -2.45. The summed E-state index contributed by atoms with van der Waals surface area (Å²) in [6, 6.07) is 10.6. The van der Waals surface area contributed by atoms with E-state index in [9.17, 15) is 4.39 Å². The fourth-order valence-electron chi connectivity index (χ4n) is 2.62. The van der Waals surface area contributed by atoms with Crippen LogP contribution in [0, 0.1) is 5.82 Å². The van der Waals surface area contributed by atoms with Gasteiger partial charge in [-0.15, -0.1) is 12.4 Å². The maximum Gasteiger partial charge on any atom is 0.125 e. The molecule has 0 saturated carbocycles. The molecule has 3 nitrogen and oxygen atoms in total. The van der Waals surface area contributed by atoms with Gasteiger partial charge in [0.15, 0.2) is 0 Å². The van der Waals surface area contributed by atoms with Gasteiger partial charge in [0.05, 0.1) is 12.3 Å². The zero-order chi connectivity index (χ0) is 13.1. The fraction of sp³-hybridized carbons (Fsp3) is 0.333. The molecule has 1 N–H and O–H groups in total. The summed E-state index contributed by atoms with van der Waals surface area (Å²) in [6.45, 7) is 3.77. The van der Waals surface area contributed by atoms with E-state index in [4.69, 9.17) is 4.42 Å². The van der Waals surface area contributed by atoms with E-state index < -0.39 is 0 Å². The maximum absolute atomic E-state index is 13.5. The number of furan rings is 1. The molecule has 3 rings (SSSR count). The molecular weight excluding hydrogens is 279 g/mol. The Hall–Kier alpha value is -1.36. The van der Waals surface area contributed by atoms with Gasteiger partial charge in [-0.2, -0.15) is 0 Å². The molecule has 1 aromatic carbocycles. The first-order valence-corrected chi connectivity index (χ1v) is 6.58. The van der Waals surface area contributed by atoms with Crippen molar-refractivity contribution in [1.29, 1.82) is 0 Å². The lowest BCUT2D eigenvalue weighted by Gasteiger charge is -2.34. The van der Waals surface area contributed by atoms with Crippen molar-refractivity contribution >= 4 is 12.4 Å². The largest absolute Gasteiger partial charge is 0.467 e. The number of hydrogen-bond acceptors (Lipinski definition) is 3. The van der Waals surface area contributed by atoms with Crippen molar-refractivity contribution in [3.63, 3.8) is 0 Å². The molecule has 2 heterocycles. The summed E-state index contributed by atoms with van der Waals surface area (Å²) >= 11 is 0. The molecule has 1 fully saturated rings.